The molecule has 1 aromatic carbocycles. The van der Waals surface area contributed by atoms with E-state index >= 15 is 0 Å². The maximum absolute atomic E-state index is 13.5. The summed E-state index contributed by atoms with van der Waals surface area (Å²) in [5.74, 6) is -0.361. The van der Waals surface area contributed by atoms with Gasteiger partial charge >= 0.3 is 0 Å². The van der Waals surface area contributed by atoms with Crippen molar-refractivity contribution in [1.29, 1.82) is 0 Å². The third kappa shape index (κ3) is 5.38. The number of aliphatic hydroxyl groups is 1. The number of amides is 1. The van der Waals surface area contributed by atoms with E-state index in [4.69, 9.17) is 11.6 Å². The first-order chi connectivity index (χ1) is 8.85. The third-order valence-corrected chi connectivity index (χ3v) is 3.79. The molecule has 0 aliphatic rings. The van der Waals surface area contributed by atoms with E-state index in [0.29, 0.717) is 5.75 Å². The van der Waals surface area contributed by atoms with E-state index in [2.05, 4.69) is 5.32 Å². The predicted molar refractivity (Wildman–Crippen MR) is 77.1 cm³/mol. The average molecular weight is 306 g/mol. The fraction of sp³-hybridized carbons (Fsp3) is 0.462. The van der Waals surface area contributed by atoms with Gasteiger partial charge in [0.25, 0.3) is 0 Å². The van der Waals surface area contributed by atoms with E-state index in [1.54, 1.807) is 6.92 Å². The fourth-order valence-electron chi connectivity index (χ4n) is 1.58. The zero-order valence-corrected chi connectivity index (χ0v) is 12.4. The molecule has 0 aliphatic heterocycles. The lowest BCUT2D eigenvalue weighted by molar-refractivity contribution is -0.121. The number of thioether (sulfide) groups is 1. The number of carbonyl (C=O) groups excluding carboxylic acids is 1. The molecule has 0 saturated carbocycles. The van der Waals surface area contributed by atoms with Crippen molar-refractivity contribution >= 4 is 29.3 Å². The fourth-order valence-corrected chi connectivity index (χ4v) is 2.53. The van der Waals surface area contributed by atoms with Crippen LogP contribution in [0.5, 0.6) is 0 Å². The highest BCUT2D eigenvalue weighted by Gasteiger charge is 2.21. The van der Waals surface area contributed by atoms with Gasteiger partial charge < -0.3 is 10.4 Å². The molecule has 0 bridgehead atoms. The molecule has 1 amide bonds. The Balaban J connectivity index is 2.57. The molecule has 1 rings (SSSR count). The van der Waals surface area contributed by atoms with Crippen LogP contribution in [0, 0.1) is 5.82 Å². The summed E-state index contributed by atoms with van der Waals surface area (Å²) in [4.78, 5) is 11.7. The summed E-state index contributed by atoms with van der Waals surface area (Å²) in [7, 11) is 0. The smallest absolute Gasteiger partial charge is 0.224 e. The number of hydrogen-bond acceptors (Lipinski definition) is 3. The van der Waals surface area contributed by atoms with Gasteiger partial charge in [-0.1, -0.05) is 17.7 Å². The van der Waals surface area contributed by atoms with Gasteiger partial charge in [0.15, 0.2) is 0 Å². The highest BCUT2D eigenvalue weighted by Crippen LogP contribution is 2.19. The molecule has 1 aromatic rings. The highest BCUT2D eigenvalue weighted by molar-refractivity contribution is 7.98. The molecule has 3 nitrogen and oxygen atoms in total. The van der Waals surface area contributed by atoms with Crippen LogP contribution in [0.25, 0.3) is 0 Å². The van der Waals surface area contributed by atoms with E-state index in [1.807, 2.05) is 6.26 Å². The topological polar surface area (TPSA) is 49.3 Å². The number of nitrogens with one attached hydrogen (secondary N) is 1. The van der Waals surface area contributed by atoms with Gasteiger partial charge in [0.05, 0.1) is 12.0 Å². The van der Waals surface area contributed by atoms with Crippen LogP contribution in [0.3, 0.4) is 0 Å². The average Bonchev–Trinajstić information content (AvgIpc) is 2.32. The van der Waals surface area contributed by atoms with E-state index < -0.39 is 11.4 Å². The van der Waals surface area contributed by atoms with Gasteiger partial charge in [0.1, 0.15) is 5.82 Å². The molecule has 6 heteroatoms. The zero-order valence-electron chi connectivity index (χ0n) is 10.9. The van der Waals surface area contributed by atoms with Gasteiger partial charge in [0.2, 0.25) is 5.91 Å². The highest BCUT2D eigenvalue weighted by atomic mass is 35.5. The van der Waals surface area contributed by atoms with Crippen molar-refractivity contribution < 1.29 is 14.3 Å². The summed E-state index contributed by atoms with van der Waals surface area (Å²) >= 11 is 7.33. The first-order valence-corrected chi connectivity index (χ1v) is 7.54. The number of carbonyl (C=O) groups is 1. The summed E-state index contributed by atoms with van der Waals surface area (Å²) in [5.41, 5.74) is -0.806. The first-order valence-electron chi connectivity index (χ1n) is 5.76. The largest absolute Gasteiger partial charge is 0.387 e. The second-order valence-electron chi connectivity index (χ2n) is 4.58. The second kappa shape index (κ2) is 7.12. The number of benzene rings is 1. The molecular formula is C13H17ClFNO2S. The van der Waals surface area contributed by atoms with E-state index in [0.717, 1.165) is 0 Å². The van der Waals surface area contributed by atoms with Crippen LogP contribution in [0.1, 0.15) is 12.5 Å². The summed E-state index contributed by atoms with van der Waals surface area (Å²) in [6.07, 6.45) is 1.73. The van der Waals surface area contributed by atoms with Crippen LogP contribution in [0.2, 0.25) is 5.02 Å². The van der Waals surface area contributed by atoms with Crippen LogP contribution >= 0.6 is 23.4 Å². The Kier molecular flexibility index (Phi) is 6.10. The molecule has 0 heterocycles. The van der Waals surface area contributed by atoms with Crippen molar-refractivity contribution in [3.8, 4) is 0 Å². The monoisotopic (exact) mass is 305 g/mol. The van der Waals surface area contributed by atoms with Gasteiger partial charge in [-0.05, 0) is 25.3 Å². The SMILES string of the molecule is CSC[C@@](C)(O)CNC(=O)Cc1c(F)cccc1Cl. The lowest BCUT2D eigenvalue weighted by Crippen LogP contribution is -2.43. The van der Waals surface area contributed by atoms with Crippen LogP contribution in [-0.4, -0.2) is 35.2 Å². The van der Waals surface area contributed by atoms with Gasteiger partial charge in [-0.25, -0.2) is 4.39 Å². The van der Waals surface area contributed by atoms with Gasteiger partial charge in [-0.15, -0.1) is 0 Å². The summed E-state index contributed by atoms with van der Waals surface area (Å²) in [6, 6.07) is 4.29. The molecule has 0 radical (unpaired) electrons. The normalized spacial score (nSPS) is 13.9. The number of halogens is 2. The zero-order chi connectivity index (χ0) is 14.5. The molecule has 1 atom stereocenters. The van der Waals surface area contributed by atoms with E-state index in [1.165, 1.54) is 30.0 Å². The number of rotatable bonds is 6. The van der Waals surface area contributed by atoms with Crippen molar-refractivity contribution in [3.05, 3.63) is 34.6 Å². The maximum atomic E-state index is 13.5. The molecule has 0 aliphatic carbocycles. The lowest BCUT2D eigenvalue weighted by atomic mass is 10.1. The summed E-state index contributed by atoms with van der Waals surface area (Å²) in [6.45, 7) is 1.76. The maximum Gasteiger partial charge on any atom is 0.224 e. The minimum Gasteiger partial charge on any atom is -0.387 e. The Morgan fingerprint density at radius 2 is 2.26 bits per heavy atom. The van der Waals surface area contributed by atoms with Crippen LogP contribution in [-0.2, 0) is 11.2 Å². The van der Waals surface area contributed by atoms with Crippen LogP contribution < -0.4 is 5.32 Å². The van der Waals surface area contributed by atoms with Crippen molar-refractivity contribution in [1.82, 2.24) is 5.32 Å². The van der Waals surface area contributed by atoms with E-state index in [-0.39, 0.29) is 29.5 Å². The molecule has 0 aromatic heterocycles. The molecule has 0 saturated heterocycles. The number of hydrogen-bond donors (Lipinski definition) is 2. The Labute approximate surface area is 121 Å². The predicted octanol–water partition coefficient (Wildman–Crippen LogP) is 2.25. The standard InChI is InChI=1S/C13H17ClFNO2S/c1-13(18,8-19-2)7-16-12(17)6-9-10(14)4-3-5-11(9)15/h3-5,18H,6-8H2,1-2H3,(H,16,17)/t13-/m0/s1. The Bertz CT molecular complexity index is 434. The summed E-state index contributed by atoms with van der Waals surface area (Å²) in [5, 5.41) is 12.7. The molecule has 19 heavy (non-hydrogen) atoms. The van der Waals surface area contributed by atoms with Crippen molar-refractivity contribution in [2.24, 2.45) is 0 Å². The quantitative estimate of drug-likeness (QED) is 0.847. The van der Waals surface area contributed by atoms with Crippen molar-refractivity contribution in [3.63, 3.8) is 0 Å². The van der Waals surface area contributed by atoms with Crippen LogP contribution in [0.15, 0.2) is 18.2 Å². The Hall–Kier alpha value is -0.780. The second-order valence-corrected chi connectivity index (χ2v) is 5.86. The minimum absolute atomic E-state index is 0.124. The van der Waals surface area contributed by atoms with Crippen LogP contribution in [0.4, 0.5) is 4.39 Å². The van der Waals surface area contributed by atoms with Gasteiger partial charge in [-0.2, -0.15) is 11.8 Å². The lowest BCUT2D eigenvalue weighted by Gasteiger charge is -2.22. The third-order valence-electron chi connectivity index (χ3n) is 2.52. The Morgan fingerprint density at radius 3 is 2.84 bits per heavy atom. The molecule has 106 valence electrons. The molecular weight excluding hydrogens is 289 g/mol. The first kappa shape index (κ1) is 16.3. The van der Waals surface area contributed by atoms with Crippen molar-refractivity contribution in [2.45, 2.75) is 18.9 Å². The Morgan fingerprint density at radius 1 is 1.58 bits per heavy atom. The van der Waals surface area contributed by atoms with Crippen molar-refractivity contribution in [2.75, 3.05) is 18.6 Å². The molecule has 0 fully saturated rings. The summed E-state index contributed by atoms with van der Waals surface area (Å²) < 4.78 is 13.5. The van der Waals surface area contributed by atoms with Gasteiger partial charge in [-0.3, -0.25) is 4.79 Å². The van der Waals surface area contributed by atoms with Gasteiger partial charge in [0, 0.05) is 22.9 Å². The van der Waals surface area contributed by atoms with E-state index in [9.17, 15) is 14.3 Å². The molecule has 2 N–H and O–H groups in total. The molecule has 0 unspecified atom stereocenters. The molecule has 0 spiro atoms. The minimum atomic E-state index is -0.978.